The van der Waals surface area contributed by atoms with E-state index in [0.29, 0.717) is 5.69 Å². The number of benzene rings is 2. The third-order valence-electron chi connectivity index (χ3n) is 2.49. The van der Waals surface area contributed by atoms with Gasteiger partial charge in [-0.2, -0.15) is 5.26 Å². The standard InChI is InChI=1S/C14H10F2N2/c1-9-2-4-11(5-3-9)18-14-12(15)6-10(8-17)7-13(14)16/h2-7,18H,1H3. The number of aryl methyl sites for hydroxylation is 1. The van der Waals surface area contributed by atoms with E-state index < -0.39 is 11.6 Å². The van der Waals surface area contributed by atoms with Gasteiger partial charge in [-0.15, -0.1) is 0 Å². The second-order valence-corrected chi connectivity index (χ2v) is 3.92. The normalized spacial score (nSPS) is 9.89. The van der Waals surface area contributed by atoms with Crippen molar-refractivity contribution in [1.29, 1.82) is 5.26 Å². The van der Waals surface area contributed by atoms with Gasteiger partial charge in [-0.25, -0.2) is 8.78 Å². The minimum atomic E-state index is -0.785. The molecule has 0 amide bonds. The van der Waals surface area contributed by atoms with Gasteiger partial charge in [-0.1, -0.05) is 17.7 Å². The number of anilines is 2. The highest BCUT2D eigenvalue weighted by atomic mass is 19.1. The molecule has 1 N–H and O–H groups in total. The summed E-state index contributed by atoms with van der Waals surface area (Å²) < 4.78 is 27.2. The van der Waals surface area contributed by atoms with Crippen molar-refractivity contribution in [2.45, 2.75) is 6.92 Å². The molecule has 0 bridgehead atoms. The number of hydrogen-bond donors (Lipinski definition) is 1. The average Bonchev–Trinajstić information content (AvgIpc) is 2.35. The molecule has 2 aromatic carbocycles. The van der Waals surface area contributed by atoms with E-state index in [-0.39, 0.29) is 11.3 Å². The Morgan fingerprint density at radius 3 is 2.11 bits per heavy atom. The molecule has 2 nitrogen and oxygen atoms in total. The molecule has 18 heavy (non-hydrogen) atoms. The van der Waals surface area contributed by atoms with Gasteiger partial charge in [0, 0.05) is 5.69 Å². The van der Waals surface area contributed by atoms with E-state index in [4.69, 9.17) is 5.26 Å². The van der Waals surface area contributed by atoms with Crippen molar-refractivity contribution in [3.63, 3.8) is 0 Å². The highest BCUT2D eigenvalue weighted by molar-refractivity contribution is 5.62. The summed E-state index contributed by atoms with van der Waals surface area (Å²) in [6, 6.07) is 10.8. The van der Waals surface area contributed by atoms with Gasteiger partial charge in [0.15, 0.2) is 11.6 Å². The first kappa shape index (κ1) is 12.1. The zero-order valence-corrected chi connectivity index (χ0v) is 9.67. The Labute approximate surface area is 103 Å². The van der Waals surface area contributed by atoms with Crippen LogP contribution in [0.2, 0.25) is 0 Å². The van der Waals surface area contributed by atoms with Crippen LogP contribution in [0.3, 0.4) is 0 Å². The summed E-state index contributed by atoms with van der Waals surface area (Å²) in [5.74, 6) is -1.57. The lowest BCUT2D eigenvalue weighted by atomic mass is 10.2. The number of nitrogens with zero attached hydrogens (tertiary/aromatic N) is 1. The molecule has 0 aliphatic rings. The van der Waals surface area contributed by atoms with Gasteiger partial charge in [0.2, 0.25) is 0 Å². The molecule has 0 aliphatic carbocycles. The second-order valence-electron chi connectivity index (χ2n) is 3.92. The minimum Gasteiger partial charge on any atom is -0.351 e. The topological polar surface area (TPSA) is 35.8 Å². The summed E-state index contributed by atoms with van der Waals surface area (Å²) in [4.78, 5) is 0. The van der Waals surface area contributed by atoms with Crippen LogP contribution < -0.4 is 5.32 Å². The van der Waals surface area contributed by atoms with Gasteiger partial charge in [0.25, 0.3) is 0 Å². The molecule has 0 aromatic heterocycles. The van der Waals surface area contributed by atoms with E-state index in [9.17, 15) is 8.78 Å². The largest absolute Gasteiger partial charge is 0.351 e. The van der Waals surface area contributed by atoms with Gasteiger partial charge in [-0.05, 0) is 31.2 Å². The van der Waals surface area contributed by atoms with Gasteiger partial charge in [-0.3, -0.25) is 0 Å². The molecule has 0 saturated heterocycles. The molecular weight excluding hydrogens is 234 g/mol. The van der Waals surface area contributed by atoms with Crippen LogP contribution in [-0.4, -0.2) is 0 Å². The Kier molecular flexibility index (Phi) is 3.24. The lowest BCUT2D eigenvalue weighted by Crippen LogP contribution is -1.98. The summed E-state index contributed by atoms with van der Waals surface area (Å²) in [6.45, 7) is 1.92. The summed E-state index contributed by atoms with van der Waals surface area (Å²) in [7, 11) is 0. The van der Waals surface area contributed by atoms with Crippen LogP contribution in [0.15, 0.2) is 36.4 Å². The van der Waals surface area contributed by atoms with Crippen molar-refractivity contribution < 1.29 is 8.78 Å². The van der Waals surface area contributed by atoms with Crippen molar-refractivity contribution >= 4 is 11.4 Å². The first-order chi connectivity index (χ1) is 8.60. The van der Waals surface area contributed by atoms with E-state index in [1.54, 1.807) is 18.2 Å². The molecular formula is C14H10F2N2. The number of nitrogens with one attached hydrogen (secondary N) is 1. The van der Waals surface area contributed by atoms with Crippen LogP contribution in [-0.2, 0) is 0 Å². The van der Waals surface area contributed by atoms with E-state index in [2.05, 4.69) is 5.32 Å². The van der Waals surface area contributed by atoms with Gasteiger partial charge in [0.05, 0.1) is 11.6 Å². The lowest BCUT2D eigenvalue weighted by molar-refractivity contribution is 0.590. The first-order valence-electron chi connectivity index (χ1n) is 5.33. The summed E-state index contributed by atoms with van der Waals surface area (Å²) >= 11 is 0. The van der Waals surface area contributed by atoms with Crippen LogP contribution in [0, 0.1) is 29.9 Å². The maximum Gasteiger partial charge on any atom is 0.150 e. The molecule has 0 unspecified atom stereocenters. The Morgan fingerprint density at radius 2 is 1.61 bits per heavy atom. The van der Waals surface area contributed by atoms with Crippen LogP contribution in [0.1, 0.15) is 11.1 Å². The molecule has 4 heteroatoms. The lowest BCUT2D eigenvalue weighted by Gasteiger charge is -2.09. The Hall–Kier alpha value is -2.41. The fourth-order valence-corrected chi connectivity index (χ4v) is 1.54. The van der Waals surface area contributed by atoms with Crippen molar-refractivity contribution in [2.75, 3.05) is 5.32 Å². The van der Waals surface area contributed by atoms with Crippen molar-refractivity contribution in [2.24, 2.45) is 0 Å². The number of halogens is 2. The first-order valence-corrected chi connectivity index (χ1v) is 5.33. The maximum atomic E-state index is 13.6. The maximum absolute atomic E-state index is 13.6. The average molecular weight is 244 g/mol. The number of rotatable bonds is 2. The fraction of sp³-hybridized carbons (Fsp3) is 0.0714. The van der Waals surface area contributed by atoms with Crippen LogP contribution in [0.5, 0.6) is 0 Å². The predicted molar refractivity (Wildman–Crippen MR) is 65.5 cm³/mol. The molecule has 0 aliphatic heterocycles. The zero-order chi connectivity index (χ0) is 13.1. The van der Waals surface area contributed by atoms with E-state index in [1.165, 1.54) is 0 Å². The van der Waals surface area contributed by atoms with Crippen LogP contribution in [0.25, 0.3) is 0 Å². The van der Waals surface area contributed by atoms with E-state index in [1.807, 2.05) is 19.1 Å². The molecule has 2 aromatic rings. The molecule has 0 fully saturated rings. The SMILES string of the molecule is Cc1ccc(Nc2c(F)cc(C#N)cc2F)cc1. The molecule has 0 spiro atoms. The molecule has 0 radical (unpaired) electrons. The van der Waals surface area contributed by atoms with Crippen LogP contribution in [0.4, 0.5) is 20.2 Å². The third kappa shape index (κ3) is 2.46. The summed E-state index contributed by atoms with van der Waals surface area (Å²) in [6.07, 6.45) is 0. The van der Waals surface area contributed by atoms with Gasteiger partial charge >= 0.3 is 0 Å². The number of nitriles is 1. The third-order valence-corrected chi connectivity index (χ3v) is 2.49. The summed E-state index contributed by atoms with van der Waals surface area (Å²) in [5, 5.41) is 11.3. The molecule has 0 heterocycles. The molecule has 2 rings (SSSR count). The van der Waals surface area contributed by atoms with E-state index in [0.717, 1.165) is 17.7 Å². The second kappa shape index (κ2) is 4.84. The molecule has 90 valence electrons. The van der Waals surface area contributed by atoms with Gasteiger partial charge < -0.3 is 5.32 Å². The molecule has 0 atom stereocenters. The van der Waals surface area contributed by atoms with Crippen molar-refractivity contribution in [1.82, 2.24) is 0 Å². The van der Waals surface area contributed by atoms with Gasteiger partial charge in [0.1, 0.15) is 5.69 Å². The van der Waals surface area contributed by atoms with Crippen molar-refractivity contribution in [3.05, 3.63) is 59.2 Å². The fourth-order valence-electron chi connectivity index (χ4n) is 1.54. The Bertz CT molecular complexity index is 590. The quantitative estimate of drug-likeness (QED) is 0.869. The Morgan fingerprint density at radius 1 is 1.06 bits per heavy atom. The highest BCUT2D eigenvalue weighted by Crippen LogP contribution is 2.24. The predicted octanol–water partition coefficient (Wildman–Crippen LogP) is 3.89. The minimum absolute atomic E-state index is 0.0422. The Balaban J connectivity index is 2.35. The van der Waals surface area contributed by atoms with Crippen molar-refractivity contribution in [3.8, 4) is 6.07 Å². The van der Waals surface area contributed by atoms with E-state index >= 15 is 0 Å². The monoisotopic (exact) mass is 244 g/mol. The highest BCUT2D eigenvalue weighted by Gasteiger charge is 2.11. The summed E-state index contributed by atoms with van der Waals surface area (Å²) in [5.41, 5.74) is 1.35. The smallest absolute Gasteiger partial charge is 0.150 e. The molecule has 0 saturated carbocycles. The van der Waals surface area contributed by atoms with Crippen LogP contribution >= 0.6 is 0 Å². The zero-order valence-electron chi connectivity index (χ0n) is 9.67. The number of hydrogen-bond acceptors (Lipinski definition) is 2.